The minimum Gasteiger partial charge on any atom is -0.495 e. The van der Waals surface area contributed by atoms with Gasteiger partial charge in [-0.1, -0.05) is 35.9 Å². The normalized spacial score (nSPS) is 11.4. The number of hydrogen-bond acceptors (Lipinski definition) is 4. The first kappa shape index (κ1) is 23.9. The van der Waals surface area contributed by atoms with E-state index in [9.17, 15) is 4.79 Å². The Hall–Kier alpha value is -2.74. The number of rotatable bonds is 7. The summed E-state index contributed by atoms with van der Waals surface area (Å²) in [6.45, 7) is 3.80. The Kier molecular flexibility index (Phi) is 8.39. The maximum atomic E-state index is 12.7. The summed E-state index contributed by atoms with van der Waals surface area (Å²) in [5, 5.41) is 9.99. The van der Waals surface area contributed by atoms with Crippen molar-refractivity contribution in [2.75, 3.05) is 23.1 Å². The number of methoxy groups -OCH3 is 1. The van der Waals surface area contributed by atoms with Crippen LogP contribution < -0.4 is 20.7 Å². The van der Waals surface area contributed by atoms with E-state index in [4.69, 9.17) is 28.6 Å². The van der Waals surface area contributed by atoms with E-state index in [2.05, 4.69) is 16.0 Å². The number of carbonyl (C=O) groups is 1. The van der Waals surface area contributed by atoms with Crippen LogP contribution in [0.2, 0.25) is 5.02 Å². The van der Waals surface area contributed by atoms with Crippen molar-refractivity contribution in [2.24, 2.45) is 0 Å². The zero-order chi connectivity index (χ0) is 23.1. The Bertz CT molecular complexity index is 1120. The molecule has 0 aliphatic heterocycles. The minimum atomic E-state index is -0.303. The van der Waals surface area contributed by atoms with Gasteiger partial charge in [0.2, 0.25) is 5.91 Å². The fraction of sp³-hybridized carbons (Fsp3) is 0.167. The molecule has 0 aromatic heterocycles. The summed E-state index contributed by atoms with van der Waals surface area (Å²) in [6, 6.07) is 20.7. The molecular weight excluding hydrogens is 462 g/mol. The highest BCUT2D eigenvalue weighted by molar-refractivity contribution is 8.00. The van der Waals surface area contributed by atoms with Crippen molar-refractivity contribution in [1.29, 1.82) is 0 Å². The number of carbonyl (C=O) groups excluding carboxylic acids is 1. The number of anilines is 3. The molecule has 0 fully saturated rings. The van der Waals surface area contributed by atoms with Gasteiger partial charge < -0.3 is 20.7 Å². The second-order valence-corrected chi connectivity index (χ2v) is 9.27. The second-order valence-electron chi connectivity index (χ2n) is 7.02. The summed E-state index contributed by atoms with van der Waals surface area (Å²) in [5.74, 6) is 0.614. The molecule has 1 atom stereocenters. The second kappa shape index (κ2) is 11.2. The summed E-state index contributed by atoms with van der Waals surface area (Å²) in [7, 11) is 1.61. The minimum absolute atomic E-state index is 0.0907. The van der Waals surface area contributed by atoms with Crippen molar-refractivity contribution >= 4 is 63.7 Å². The molecule has 3 aromatic rings. The van der Waals surface area contributed by atoms with Crippen molar-refractivity contribution in [3.05, 3.63) is 77.3 Å². The fourth-order valence-corrected chi connectivity index (χ4v) is 4.23. The zero-order valence-electron chi connectivity index (χ0n) is 17.9. The van der Waals surface area contributed by atoms with Crippen LogP contribution in [-0.2, 0) is 4.79 Å². The Morgan fingerprint density at radius 2 is 1.78 bits per heavy atom. The van der Waals surface area contributed by atoms with E-state index in [-0.39, 0.29) is 11.2 Å². The van der Waals surface area contributed by atoms with Crippen molar-refractivity contribution in [3.8, 4) is 5.75 Å². The van der Waals surface area contributed by atoms with Gasteiger partial charge in [0.25, 0.3) is 0 Å². The van der Waals surface area contributed by atoms with Crippen LogP contribution in [0.1, 0.15) is 12.5 Å². The Balaban J connectivity index is 1.61. The van der Waals surface area contributed by atoms with Crippen molar-refractivity contribution < 1.29 is 9.53 Å². The van der Waals surface area contributed by atoms with Gasteiger partial charge in [-0.25, -0.2) is 0 Å². The number of para-hydroxylation sites is 2. The Morgan fingerprint density at radius 3 is 2.56 bits per heavy atom. The molecule has 3 rings (SSSR count). The highest BCUT2D eigenvalue weighted by Crippen LogP contribution is 2.28. The number of halogens is 1. The van der Waals surface area contributed by atoms with Crippen LogP contribution in [0.4, 0.5) is 17.1 Å². The lowest BCUT2D eigenvalue weighted by atomic mass is 10.2. The summed E-state index contributed by atoms with van der Waals surface area (Å²) in [4.78, 5) is 13.6. The fourth-order valence-electron chi connectivity index (χ4n) is 2.90. The molecule has 0 aliphatic carbocycles. The molecule has 0 radical (unpaired) electrons. The number of benzene rings is 3. The lowest BCUT2D eigenvalue weighted by molar-refractivity contribution is -0.115. The Labute approximate surface area is 202 Å². The van der Waals surface area contributed by atoms with E-state index in [0.29, 0.717) is 15.9 Å². The largest absolute Gasteiger partial charge is 0.495 e. The maximum absolute atomic E-state index is 12.7. The van der Waals surface area contributed by atoms with Crippen molar-refractivity contribution in [2.45, 2.75) is 24.0 Å². The van der Waals surface area contributed by atoms with E-state index < -0.39 is 0 Å². The average molecular weight is 486 g/mol. The lowest BCUT2D eigenvalue weighted by Gasteiger charge is -2.15. The van der Waals surface area contributed by atoms with Crippen LogP contribution in [0.3, 0.4) is 0 Å². The molecule has 0 bridgehead atoms. The molecule has 3 aromatic carbocycles. The standard InChI is InChI=1S/C24H24ClN3O2S2/c1-15-11-12-17(25)13-21(15)27-23(29)16(2)32-19-8-6-7-18(14-19)26-24(31)28-20-9-4-5-10-22(20)30-3/h4-14,16H,1-3H3,(H,27,29)(H2,26,28,31). The molecule has 166 valence electrons. The van der Waals surface area contributed by atoms with Gasteiger partial charge in [0, 0.05) is 21.3 Å². The molecule has 0 aliphatic rings. The third kappa shape index (κ3) is 6.63. The smallest absolute Gasteiger partial charge is 0.237 e. The molecule has 1 amide bonds. The third-order valence-corrected chi connectivity index (χ3v) is 6.12. The first-order valence-electron chi connectivity index (χ1n) is 9.90. The third-order valence-electron chi connectivity index (χ3n) is 4.59. The van der Waals surface area contributed by atoms with Crippen LogP contribution in [0.15, 0.2) is 71.6 Å². The van der Waals surface area contributed by atoms with Gasteiger partial charge in [-0.15, -0.1) is 11.8 Å². The number of amides is 1. The zero-order valence-corrected chi connectivity index (χ0v) is 20.3. The van der Waals surface area contributed by atoms with Crippen molar-refractivity contribution in [3.63, 3.8) is 0 Å². The number of thioether (sulfide) groups is 1. The van der Waals surface area contributed by atoms with Gasteiger partial charge in [0.05, 0.1) is 18.0 Å². The van der Waals surface area contributed by atoms with E-state index in [0.717, 1.165) is 27.5 Å². The molecule has 1 unspecified atom stereocenters. The van der Waals surface area contributed by atoms with Gasteiger partial charge in [-0.3, -0.25) is 4.79 Å². The van der Waals surface area contributed by atoms with Crippen molar-refractivity contribution in [1.82, 2.24) is 0 Å². The van der Waals surface area contributed by atoms with Gasteiger partial charge in [-0.05, 0) is 74.1 Å². The van der Waals surface area contributed by atoms with Gasteiger partial charge in [0.1, 0.15) is 5.75 Å². The Morgan fingerprint density at radius 1 is 1.00 bits per heavy atom. The molecule has 0 heterocycles. The van der Waals surface area contributed by atoms with E-state index in [1.165, 1.54) is 11.8 Å². The molecule has 8 heteroatoms. The van der Waals surface area contributed by atoms with Gasteiger partial charge in [0.15, 0.2) is 5.11 Å². The predicted molar refractivity (Wildman–Crippen MR) is 139 cm³/mol. The first-order chi connectivity index (χ1) is 15.4. The molecule has 3 N–H and O–H groups in total. The monoisotopic (exact) mass is 485 g/mol. The van der Waals surface area contributed by atoms with E-state index in [1.54, 1.807) is 19.2 Å². The number of hydrogen-bond donors (Lipinski definition) is 3. The van der Waals surface area contributed by atoms with Crippen LogP contribution in [0.25, 0.3) is 0 Å². The maximum Gasteiger partial charge on any atom is 0.237 e. The van der Waals surface area contributed by atoms with E-state index >= 15 is 0 Å². The topological polar surface area (TPSA) is 62.4 Å². The lowest BCUT2D eigenvalue weighted by Crippen LogP contribution is -2.23. The summed E-state index contributed by atoms with van der Waals surface area (Å²) < 4.78 is 5.34. The van der Waals surface area contributed by atoms with Gasteiger partial charge >= 0.3 is 0 Å². The van der Waals surface area contributed by atoms with Gasteiger partial charge in [-0.2, -0.15) is 0 Å². The molecule has 5 nitrogen and oxygen atoms in total. The SMILES string of the molecule is COc1ccccc1NC(=S)Nc1cccc(SC(C)C(=O)Nc2cc(Cl)ccc2C)c1. The molecule has 32 heavy (non-hydrogen) atoms. The number of thiocarbonyl (C=S) groups is 1. The highest BCUT2D eigenvalue weighted by Gasteiger charge is 2.16. The van der Waals surface area contributed by atoms with Crippen LogP contribution in [-0.4, -0.2) is 23.4 Å². The molecule has 0 saturated carbocycles. The summed E-state index contributed by atoms with van der Waals surface area (Å²) in [6.07, 6.45) is 0. The van der Waals surface area contributed by atoms with E-state index in [1.807, 2.05) is 68.4 Å². The molecular formula is C24H24ClN3O2S2. The average Bonchev–Trinajstić information content (AvgIpc) is 2.76. The predicted octanol–water partition coefficient (Wildman–Crippen LogP) is 6.59. The summed E-state index contributed by atoms with van der Waals surface area (Å²) >= 11 is 12.9. The number of aryl methyl sites for hydroxylation is 1. The van der Waals surface area contributed by atoms with Crippen LogP contribution >= 0.6 is 35.6 Å². The molecule has 0 saturated heterocycles. The number of nitrogens with one attached hydrogen (secondary N) is 3. The summed E-state index contributed by atoms with van der Waals surface area (Å²) in [5.41, 5.74) is 3.28. The number of ether oxygens (including phenoxy) is 1. The molecule has 0 spiro atoms. The van der Waals surface area contributed by atoms with Crippen LogP contribution in [0.5, 0.6) is 5.75 Å². The highest BCUT2D eigenvalue weighted by atomic mass is 35.5. The first-order valence-corrected chi connectivity index (χ1v) is 11.6. The quantitative estimate of drug-likeness (QED) is 0.259. The van der Waals surface area contributed by atoms with Crippen LogP contribution in [0, 0.1) is 6.92 Å².